The van der Waals surface area contributed by atoms with Crippen molar-refractivity contribution < 1.29 is 9.59 Å². The summed E-state index contributed by atoms with van der Waals surface area (Å²) in [4.78, 5) is 23.5. The molecule has 4 N–H and O–H groups in total. The Bertz CT molecular complexity index is 724. The zero-order chi connectivity index (χ0) is 17.5. The third kappa shape index (κ3) is 5.21. The number of nitrogens with one attached hydrogen (secondary N) is 2. The minimum atomic E-state index is -0.263. The summed E-state index contributed by atoms with van der Waals surface area (Å²) in [6, 6.07) is 13.6. The van der Waals surface area contributed by atoms with Crippen LogP contribution >= 0.6 is 0 Å². The number of benzene rings is 2. The quantitative estimate of drug-likeness (QED) is 0.763. The van der Waals surface area contributed by atoms with Gasteiger partial charge in [0.25, 0.3) is 0 Å². The number of hydrogen-bond donors (Lipinski definition) is 3. The molecule has 0 bridgehead atoms. The van der Waals surface area contributed by atoms with Gasteiger partial charge in [-0.2, -0.15) is 0 Å². The van der Waals surface area contributed by atoms with Crippen LogP contribution in [0.4, 0.5) is 11.4 Å². The van der Waals surface area contributed by atoms with E-state index in [9.17, 15) is 9.59 Å². The van der Waals surface area contributed by atoms with Gasteiger partial charge in [-0.05, 0) is 43.5 Å². The number of anilines is 2. The standard InChI is InChI=1S/C19H23N3O2/c1-13-3-6-15(7-4-13)8-10-18(23)21-16-9-5-14(2)17(11-16)22-19(24)12-20/h3-7,9,11H,8,10,12,20H2,1-2H3,(H,21,23)(H,22,24). The smallest absolute Gasteiger partial charge is 0.238 e. The van der Waals surface area contributed by atoms with E-state index in [2.05, 4.69) is 10.6 Å². The van der Waals surface area contributed by atoms with Crippen LogP contribution in [0.15, 0.2) is 42.5 Å². The average molecular weight is 325 g/mol. The number of rotatable bonds is 6. The van der Waals surface area contributed by atoms with Gasteiger partial charge in [-0.25, -0.2) is 0 Å². The zero-order valence-electron chi connectivity index (χ0n) is 14.1. The minimum absolute atomic E-state index is 0.0597. The Hall–Kier alpha value is -2.66. The lowest BCUT2D eigenvalue weighted by Gasteiger charge is -2.11. The van der Waals surface area contributed by atoms with Crippen LogP contribution in [0.1, 0.15) is 23.1 Å². The van der Waals surface area contributed by atoms with Crippen LogP contribution in [0, 0.1) is 13.8 Å². The predicted molar refractivity (Wildman–Crippen MR) is 97.0 cm³/mol. The van der Waals surface area contributed by atoms with Gasteiger partial charge in [0.2, 0.25) is 11.8 Å². The van der Waals surface area contributed by atoms with Gasteiger partial charge >= 0.3 is 0 Å². The minimum Gasteiger partial charge on any atom is -0.326 e. The molecule has 2 aromatic carbocycles. The van der Waals surface area contributed by atoms with Crippen LogP contribution in [0.5, 0.6) is 0 Å². The molecule has 5 heteroatoms. The summed E-state index contributed by atoms with van der Waals surface area (Å²) >= 11 is 0. The van der Waals surface area contributed by atoms with E-state index in [1.807, 2.05) is 50.2 Å². The van der Waals surface area contributed by atoms with E-state index < -0.39 is 0 Å². The highest BCUT2D eigenvalue weighted by Crippen LogP contribution is 2.20. The maximum absolute atomic E-state index is 12.1. The summed E-state index contributed by atoms with van der Waals surface area (Å²) in [5.74, 6) is -0.323. The average Bonchev–Trinajstić information content (AvgIpc) is 2.57. The van der Waals surface area contributed by atoms with Crippen LogP contribution in [0.25, 0.3) is 0 Å². The Morgan fingerprint density at radius 1 is 0.958 bits per heavy atom. The van der Waals surface area contributed by atoms with Crippen LogP contribution in [-0.4, -0.2) is 18.4 Å². The topological polar surface area (TPSA) is 84.2 Å². The number of carbonyl (C=O) groups is 2. The molecule has 2 amide bonds. The molecule has 0 spiro atoms. The fraction of sp³-hybridized carbons (Fsp3) is 0.263. The van der Waals surface area contributed by atoms with Gasteiger partial charge in [0.05, 0.1) is 6.54 Å². The molecule has 0 saturated carbocycles. The van der Waals surface area contributed by atoms with Gasteiger partial charge in [0.1, 0.15) is 0 Å². The molecule has 0 radical (unpaired) electrons. The maximum Gasteiger partial charge on any atom is 0.238 e. The SMILES string of the molecule is Cc1ccc(CCC(=O)Nc2ccc(C)c(NC(=O)CN)c2)cc1. The van der Waals surface area contributed by atoms with Crippen molar-refractivity contribution in [3.63, 3.8) is 0 Å². The van der Waals surface area contributed by atoms with Gasteiger partial charge < -0.3 is 16.4 Å². The molecule has 0 heterocycles. The number of nitrogens with two attached hydrogens (primary N) is 1. The maximum atomic E-state index is 12.1. The molecule has 24 heavy (non-hydrogen) atoms. The van der Waals surface area contributed by atoms with Crippen molar-refractivity contribution in [3.05, 3.63) is 59.2 Å². The first-order valence-corrected chi connectivity index (χ1v) is 7.94. The lowest BCUT2D eigenvalue weighted by molar-refractivity contribution is -0.116. The van der Waals surface area contributed by atoms with E-state index in [0.29, 0.717) is 24.2 Å². The summed E-state index contributed by atoms with van der Waals surface area (Å²) in [6.07, 6.45) is 1.09. The molecule has 0 aliphatic carbocycles. The number of amides is 2. The fourth-order valence-corrected chi connectivity index (χ4v) is 2.27. The second-order valence-electron chi connectivity index (χ2n) is 5.82. The van der Waals surface area contributed by atoms with Crippen molar-refractivity contribution in [1.82, 2.24) is 0 Å². The van der Waals surface area contributed by atoms with Crippen LogP contribution in [-0.2, 0) is 16.0 Å². The molecule has 0 aliphatic rings. The van der Waals surface area contributed by atoms with E-state index in [-0.39, 0.29) is 18.4 Å². The molecule has 0 fully saturated rings. The monoisotopic (exact) mass is 325 g/mol. The summed E-state index contributed by atoms with van der Waals surface area (Å²) in [5.41, 5.74) is 9.87. The lowest BCUT2D eigenvalue weighted by Crippen LogP contribution is -2.22. The summed E-state index contributed by atoms with van der Waals surface area (Å²) in [6.45, 7) is 3.84. The van der Waals surface area contributed by atoms with Crippen molar-refractivity contribution in [2.24, 2.45) is 5.73 Å². The predicted octanol–water partition coefficient (Wildman–Crippen LogP) is 2.77. The molecule has 0 aromatic heterocycles. The summed E-state index contributed by atoms with van der Waals surface area (Å²) in [7, 11) is 0. The molecule has 0 saturated heterocycles. The van der Waals surface area contributed by atoms with E-state index in [1.54, 1.807) is 6.07 Å². The highest BCUT2D eigenvalue weighted by molar-refractivity contribution is 5.95. The van der Waals surface area contributed by atoms with Crippen LogP contribution in [0.2, 0.25) is 0 Å². The zero-order valence-corrected chi connectivity index (χ0v) is 14.1. The molecule has 126 valence electrons. The first kappa shape index (κ1) is 17.7. The van der Waals surface area contributed by atoms with E-state index in [1.165, 1.54) is 5.56 Å². The first-order valence-electron chi connectivity index (χ1n) is 7.94. The Kier molecular flexibility index (Phi) is 6.09. The number of hydrogen-bond acceptors (Lipinski definition) is 3. The van der Waals surface area contributed by atoms with E-state index >= 15 is 0 Å². The van der Waals surface area contributed by atoms with Gasteiger partial charge in [0, 0.05) is 17.8 Å². The van der Waals surface area contributed by atoms with E-state index in [4.69, 9.17) is 5.73 Å². The molecule has 0 atom stereocenters. The lowest BCUT2D eigenvalue weighted by atomic mass is 10.1. The largest absolute Gasteiger partial charge is 0.326 e. The normalized spacial score (nSPS) is 10.3. The second kappa shape index (κ2) is 8.26. The summed E-state index contributed by atoms with van der Waals surface area (Å²) in [5, 5.41) is 5.58. The Balaban J connectivity index is 1.94. The number of carbonyl (C=O) groups excluding carboxylic acids is 2. The van der Waals surface area contributed by atoms with Crippen molar-refractivity contribution >= 4 is 23.2 Å². The van der Waals surface area contributed by atoms with Gasteiger partial charge in [-0.1, -0.05) is 35.9 Å². The fourth-order valence-electron chi connectivity index (χ4n) is 2.27. The number of aryl methyl sites for hydroxylation is 3. The molecule has 2 aromatic rings. The first-order chi connectivity index (χ1) is 11.5. The van der Waals surface area contributed by atoms with Gasteiger partial charge in [-0.15, -0.1) is 0 Å². The highest BCUT2D eigenvalue weighted by Gasteiger charge is 2.07. The second-order valence-corrected chi connectivity index (χ2v) is 5.82. The van der Waals surface area contributed by atoms with Gasteiger partial charge in [-0.3, -0.25) is 9.59 Å². The van der Waals surface area contributed by atoms with Crippen molar-refractivity contribution in [2.75, 3.05) is 17.2 Å². The highest BCUT2D eigenvalue weighted by atomic mass is 16.2. The summed E-state index contributed by atoms with van der Waals surface area (Å²) < 4.78 is 0. The Labute approximate surface area is 142 Å². The van der Waals surface area contributed by atoms with E-state index in [0.717, 1.165) is 11.1 Å². The molecular weight excluding hydrogens is 302 g/mol. The third-order valence-corrected chi connectivity index (χ3v) is 3.74. The molecular formula is C19H23N3O2. The van der Waals surface area contributed by atoms with Crippen LogP contribution in [0.3, 0.4) is 0 Å². The Morgan fingerprint density at radius 3 is 2.33 bits per heavy atom. The molecule has 2 rings (SSSR count). The van der Waals surface area contributed by atoms with Gasteiger partial charge in [0.15, 0.2) is 0 Å². The van der Waals surface area contributed by atoms with Crippen molar-refractivity contribution in [1.29, 1.82) is 0 Å². The molecule has 5 nitrogen and oxygen atoms in total. The third-order valence-electron chi connectivity index (χ3n) is 3.74. The van der Waals surface area contributed by atoms with Crippen molar-refractivity contribution in [3.8, 4) is 0 Å². The molecule has 0 unspecified atom stereocenters. The van der Waals surface area contributed by atoms with Crippen LogP contribution < -0.4 is 16.4 Å². The van der Waals surface area contributed by atoms with Crippen molar-refractivity contribution in [2.45, 2.75) is 26.7 Å². The molecule has 0 aliphatic heterocycles. The Morgan fingerprint density at radius 2 is 1.67 bits per heavy atom.